The first-order chi connectivity index (χ1) is 5.59. The first-order valence-corrected chi connectivity index (χ1v) is 4.43. The van der Waals surface area contributed by atoms with Crippen LogP contribution in [0.1, 0.15) is 15.2 Å². The van der Waals surface area contributed by atoms with E-state index in [4.69, 9.17) is 5.11 Å². The van der Waals surface area contributed by atoms with E-state index in [0.29, 0.717) is 5.56 Å². The zero-order valence-corrected chi connectivity index (χ0v) is 7.89. The van der Waals surface area contributed by atoms with Gasteiger partial charge in [0.25, 0.3) is 0 Å². The highest BCUT2D eigenvalue weighted by molar-refractivity contribution is 7.10. The SMILES string of the molecule is CN(C)Cc1cc(C(=O)O)cs1. The van der Waals surface area contributed by atoms with E-state index in [2.05, 4.69) is 0 Å². The average Bonchev–Trinajstić information content (AvgIpc) is 2.34. The molecule has 1 N–H and O–H groups in total. The van der Waals surface area contributed by atoms with Gasteiger partial charge in [0.05, 0.1) is 5.56 Å². The Bertz CT molecular complexity index is 280. The van der Waals surface area contributed by atoms with E-state index < -0.39 is 5.97 Å². The summed E-state index contributed by atoms with van der Waals surface area (Å²) < 4.78 is 0. The molecule has 0 spiro atoms. The molecule has 0 aromatic carbocycles. The predicted molar refractivity (Wildman–Crippen MR) is 48.7 cm³/mol. The van der Waals surface area contributed by atoms with Gasteiger partial charge in [-0.15, -0.1) is 11.3 Å². The number of carboxylic acids is 1. The average molecular weight is 185 g/mol. The van der Waals surface area contributed by atoms with E-state index in [1.54, 1.807) is 11.4 Å². The number of hydrogen-bond donors (Lipinski definition) is 1. The number of hydrogen-bond acceptors (Lipinski definition) is 3. The predicted octanol–water partition coefficient (Wildman–Crippen LogP) is 1.51. The van der Waals surface area contributed by atoms with Crippen LogP contribution in [0.2, 0.25) is 0 Å². The normalized spacial score (nSPS) is 10.6. The van der Waals surface area contributed by atoms with Crippen LogP contribution in [0.3, 0.4) is 0 Å². The van der Waals surface area contributed by atoms with Crippen molar-refractivity contribution in [1.29, 1.82) is 0 Å². The molecule has 0 atom stereocenters. The van der Waals surface area contributed by atoms with Crippen molar-refractivity contribution < 1.29 is 9.90 Å². The van der Waals surface area contributed by atoms with E-state index in [1.165, 1.54) is 11.3 Å². The summed E-state index contributed by atoms with van der Waals surface area (Å²) in [7, 11) is 3.92. The van der Waals surface area contributed by atoms with Gasteiger partial charge in [0.15, 0.2) is 0 Å². The van der Waals surface area contributed by atoms with Crippen LogP contribution in [-0.2, 0) is 6.54 Å². The molecule has 1 rings (SSSR count). The summed E-state index contributed by atoms with van der Waals surface area (Å²) in [5.41, 5.74) is 0.386. The Kier molecular flexibility index (Phi) is 2.83. The smallest absolute Gasteiger partial charge is 0.336 e. The fraction of sp³-hybridized carbons (Fsp3) is 0.375. The molecule has 1 heterocycles. The van der Waals surface area contributed by atoms with Crippen LogP contribution >= 0.6 is 11.3 Å². The number of nitrogens with zero attached hydrogens (tertiary/aromatic N) is 1. The van der Waals surface area contributed by atoms with Gasteiger partial charge in [0.2, 0.25) is 0 Å². The van der Waals surface area contributed by atoms with E-state index in [1.807, 2.05) is 19.0 Å². The topological polar surface area (TPSA) is 40.5 Å². The maximum atomic E-state index is 10.5. The molecular formula is C8H11NO2S. The van der Waals surface area contributed by atoms with E-state index in [0.717, 1.165) is 11.4 Å². The summed E-state index contributed by atoms with van der Waals surface area (Å²) in [5.74, 6) is -0.851. The van der Waals surface area contributed by atoms with Crippen molar-refractivity contribution in [1.82, 2.24) is 4.90 Å². The first-order valence-electron chi connectivity index (χ1n) is 3.55. The lowest BCUT2D eigenvalue weighted by Crippen LogP contribution is -2.09. The number of carboxylic acid groups (broad SMARTS) is 1. The Morgan fingerprint density at radius 3 is 2.75 bits per heavy atom. The zero-order valence-electron chi connectivity index (χ0n) is 7.07. The third-order valence-electron chi connectivity index (χ3n) is 1.37. The minimum Gasteiger partial charge on any atom is -0.478 e. The van der Waals surface area contributed by atoms with Crippen LogP contribution in [0.4, 0.5) is 0 Å². The van der Waals surface area contributed by atoms with Crippen LogP contribution in [0.15, 0.2) is 11.4 Å². The molecule has 0 saturated heterocycles. The maximum absolute atomic E-state index is 10.5. The number of thiophene rings is 1. The Morgan fingerprint density at radius 1 is 1.67 bits per heavy atom. The van der Waals surface area contributed by atoms with Gasteiger partial charge in [-0.2, -0.15) is 0 Å². The number of carbonyl (C=O) groups is 1. The molecule has 12 heavy (non-hydrogen) atoms. The Morgan fingerprint density at radius 2 is 2.33 bits per heavy atom. The molecule has 0 radical (unpaired) electrons. The highest BCUT2D eigenvalue weighted by Gasteiger charge is 2.06. The Hall–Kier alpha value is -0.870. The van der Waals surface area contributed by atoms with Gasteiger partial charge in [-0.3, -0.25) is 0 Å². The van der Waals surface area contributed by atoms with Crippen molar-refractivity contribution in [3.05, 3.63) is 21.9 Å². The summed E-state index contributed by atoms with van der Waals surface area (Å²) in [4.78, 5) is 13.6. The molecule has 0 aliphatic heterocycles. The third kappa shape index (κ3) is 2.32. The molecule has 3 nitrogen and oxygen atoms in total. The molecular weight excluding hydrogens is 174 g/mol. The summed E-state index contributed by atoms with van der Waals surface area (Å²) in [6, 6.07) is 1.72. The second kappa shape index (κ2) is 3.69. The molecule has 66 valence electrons. The largest absolute Gasteiger partial charge is 0.478 e. The Balaban J connectivity index is 2.71. The lowest BCUT2D eigenvalue weighted by atomic mass is 10.3. The van der Waals surface area contributed by atoms with Gasteiger partial charge in [-0.25, -0.2) is 4.79 Å². The summed E-state index contributed by atoms with van der Waals surface area (Å²) in [6.45, 7) is 0.804. The van der Waals surface area contributed by atoms with Crippen molar-refractivity contribution in [3.63, 3.8) is 0 Å². The van der Waals surface area contributed by atoms with Crippen molar-refractivity contribution in [2.45, 2.75) is 6.54 Å². The lowest BCUT2D eigenvalue weighted by molar-refractivity contribution is 0.0697. The van der Waals surface area contributed by atoms with Crippen molar-refractivity contribution in [2.75, 3.05) is 14.1 Å². The molecule has 4 heteroatoms. The minimum atomic E-state index is -0.851. The molecule has 0 saturated carbocycles. The quantitative estimate of drug-likeness (QED) is 0.776. The summed E-state index contributed by atoms with van der Waals surface area (Å²) in [5, 5.41) is 10.3. The van der Waals surface area contributed by atoms with Gasteiger partial charge in [-0.1, -0.05) is 0 Å². The molecule has 1 aromatic rings. The zero-order chi connectivity index (χ0) is 9.14. The first kappa shape index (κ1) is 9.22. The van der Waals surface area contributed by atoms with Crippen molar-refractivity contribution >= 4 is 17.3 Å². The minimum absolute atomic E-state index is 0.386. The monoisotopic (exact) mass is 185 g/mol. The molecule has 0 unspecified atom stereocenters. The fourth-order valence-electron chi connectivity index (χ4n) is 0.887. The standard InChI is InChI=1S/C8H11NO2S/c1-9(2)4-7-3-6(5-12-7)8(10)11/h3,5H,4H2,1-2H3,(H,10,11). The second-order valence-corrected chi connectivity index (χ2v) is 3.84. The van der Waals surface area contributed by atoms with Gasteiger partial charge in [-0.05, 0) is 20.2 Å². The van der Waals surface area contributed by atoms with Crippen LogP contribution in [0.5, 0.6) is 0 Å². The maximum Gasteiger partial charge on any atom is 0.336 e. The van der Waals surface area contributed by atoms with E-state index in [-0.39, 0.29) is 0 Å². The third-order valence-corrected chi connectivity index (χ3v) is 2.29. The molecule has 0 bridgehead atoms. The van der Waals surface area contributed by atoms with Crippen LogP contribution < -0.4 is 0 Å². The van der Waals surface area contributed by atoms with E-state index >= 15 is 0 Å². The lowest BCUT2D eigenvalue weighted by Gasteiger charge is -2.05. The Labute approximate surface area is 75.2 Å². The van der Waals surface area contributed by atoms with Gasteiger partial charge in [0.1, 0.15) is 0 Å². The summed E-state index contributed by atoms with van der Waals surface area (Å²) >= 11 is 1.48. The second-order valence-electron chi connectivity index (χ2n) is 2.84. The highest BCUT2D eigenvalue weighted by atomic mass is 32.1. The van der Waals surface area contributed by atoms with Crippen molar-refractivity contribution in [3.8, 4) is 0 Å². The van der Waals surface area contributed by atoms with Gasteiger partial charge >= 0.3 is 5.97 Å². The van der Waals surface area contributed by atoms with Crippen LogP contribution in [0, 0.1) is 0 Å². The number of rotatable bonds is 3. The fourth-order valence-corrected chi connectivity index (χ4v) is 1.86. The molecule has 0 fully saturated rings. The van der Waals surface area contributed by atoms with Gasteiger partial charge < -0.3 is 10.0 Å². The summed E-state index contributed by atoms with van der Waals surface area (Å²) in [6.07, 6.45) is 0. The molecule has 0 aliphatic carbocycles. The van der Waals surface area contributed by atoms with E-state index in [9.17, 15) is 4.79 Å². The van der Waals surface area contributed by atoms with Crippen molar-refractivity contribution in [2.24, 2.45) is 0 Å². The van der Waals surface area contributed by atoms with Crippen LogP contribution in [-0.4, -0.2) is 30.1 Å². The highest BCUT2D eigenvalue weighted by Crippen LogP contribution is 2.15. The molecule has 0 amide bonds. The molecule has 0 aliphatic rings. The molecule has 1 aromatic heterocycles. The van der Waals surface area contributed by atoms with Gasteiger partial charge in [0, 0.05) is 16.8 Å². The van der Waals surface area contributed by atoms with Crippen LogP contribution in [0.25, 0.3) is 0 Å². The number of aromatic carboxylic acids is 1.